The lowest BCUT2D eigenvalue weighted by Gasteiger charge is -2.11. The minimum Gasteiger partial charge on any atom is -0.376 e. The highest BCUT2D eigenvalue weighted by Crippen LogP contribution is 2.20. The smallest absolute Gasteiger partial charge is 0.271 e. The van der Waals surface area contributed by atoms with Gasteiger partial charge in [0.25, 0.3) is 5.91 Å². The summed E-state index contributed by atoms with van der Waals surface area (Å²) in [6.07, 6.45) is 7.90. The minimum absolute atomic E-state index is 0.258. The van der Waals surface area contributed by atoms with Gasteiger partial charge in [-0.25, -0.2) is 15.8 Å². The van der Waals surface area contributed by atoms with E-state index in [9.17, 15) is 4.79 Å². The van der Waals surface area contributed by atoms with E-state index >= 15 is 0 Å². The number of hydrogen-bond acceptors (Lipinski definition) is 6. The van der Waals surface area contributed by atoms with Crippen molar-refractivity contribution >= 4 is 11.7 Å². The van der Waals surface area contributed by atoms with E-state index in [1.54, 1.807) is 0 Å². The fourth-order valence-electron chi connectivity index (χ4n) is 2.06. The number of nitrogens with two attached hydrogens (primary N) is 1. The number of amides is 1. The van der Waals surface area contributed by atoms with Gasteiger partial charge >= 0.3 is 0 Å². The van der Waals surface area contributed by atoms with Gasteiger partial charge in [0.05, 0.1) is 25.1 Å². The number of aromatic nitrogens is 2. The third-order valence-corrected chi connectivity index (χ3v) is 3.08. The molecule has 7 nitrogen and oxygen atoms in total. The zero-order chi connectivity index (χ0) is 13.5. The molecule has 1 heterocycles. The first-order valence-electron chi connectivity index (χ1n) is 6.48. The molecule has 1 saturated carbocycles. The molecular weight excluding hydrogens is 246 g/mol. The zero-order valence-corrected chi connectivity index (χ0v) is 10.8. The molecule has 1 amide bonds. The van der Waals surface area contributed by atoms with Gasteiger partial charge in [-0.05, 0) is 12.8 Å². The van der Waals surface area contributed by atoms with Crippen molar-refractivity contribution in [1.29, 1.82) is 0 Å². The van der Waals surface area contributed by atoms with E-state index in [0.29, 0.717) is 25.1 Å². The van der Waals surface area contributed by atoms with Crippen LogP contribution in [0.4, 0.5) is 5.82 Å². The first kappa shape index (κ1) is 13.7. The number of nitrogens with zero attached hydrogens (tertiary/aromatic N) is 2. The number of hydrogen-bond donors (Lipinski definition) is 3. The lowest BCUT2D eigenvalue weighted by molar-refractivity contribution is 0.0581. The maximum Gasteiger partial charge on any atom is 0.271 e. The van der Waals surface area contributed by atoms with Crippen molar-refractivity contribution < 1.29 is 9.53 Å². The molecule has 7 heteroatoms. The average Bonchev–Trinajstić information content (AvgIpc) is 2.96. The van der Waals surface area contributed by atoms with Gasteiger partial charge in [-0.3, -0.25) is 4.79 Å². The van der Waals surface area contributed by atoms with Crippen LogP contribution in [-0.4, -0.2) is 35.1 Å². The number of rotatable bonds is 6. The Hall–Kier alpha value is -1.73. The highest BCUT2D eigenvalue weighted by molar-refractivity contribution is 5.91. The number of anilines is 1. The Morgan fingerprint density at radius 3 is 2.79 bits per heavy atom. The molecular formula is C12H19N5O2. The van der Waals surface area contributed by atoms with Gasteiger partial charge in [0.15, 0.2) is 5.82 Å². The van der Waals surface area contributed by atoms with Crippen molar-refractivity contribution in [3.05, 3.63) is 18.1 Å². The summed E-state index contributed by atoms with van der Waals surface area (Å²) in [5.74, 6) is 5.32. The second-order valence-corrected chi connectivity index (χ2v) is 4.46. The van der Waals surface area contributed by atoms with Crippen molar-refractivity contribution in [2.75, 3.05) is 18.6 Å². The SMILES string of the molecule is NNc1cnc(C(=O)NCCOC2CCCC2)cn1. The summed E-state index contributed by atoms with van der Waals surface area (Å²) >= 11 is 0. The van der Waals surface area contributed by atoms with Crippen LogP contribution in [0.2, 0.25) is 0 Å². The molecule has 1 aliphatic rings. The van der Waals surface area contributed by atoms with Gasteiger partial charge in [-0.2, -0.15) is 0 Å². The number of nitrogens with one attached hydrogen (secondary N) is 2. The Labute approximate surface area is 111 Å². The van der Waals surface area contributed by atoms with Crippen LogP contribution in [0.25, 0.3) is 0 Å². The van der Waals surface area contributed by atoms with Crippen molar-refractivity contribution in [2.45, 2.75) is 31.8 Å². The molecule has 1 aromatic rings. The first-order valence-corrected chi connectivity index (χ1v) is 6.48. The molecule has 0 spiro atoms. The minimum atomic E-state index is -0.258. The molecule has 0 radical (unpaired) electrons. The van der Waals surface area contributed by atoms with Gasteiger partial charge in [-0.15, -0.1) is 0 Å². The van der Waals surface area contributed by atoms with Crippen LogP contribution in [0.3, 0.4) is 0 Å². The summed E-state index contributed by atoms with van der Waals surface area (Å²) < 4.78 is 5.65. The van der Waals surface area contributed by atoms with E-state index in [-0.39, 0.29) is 11.6 Å². The summed E-state index contributed by atoms with van der Waals surface area (Å²) in [5.41, 5.74) is 2.62. The van der Waals surface area contributed by atoms with Crippen LogP contribution >= 0.6 is 0 Å². The van der Waals surface area contributed by atoms with Crippen LogP contribution in [0, 0.1) is 0 Å². The first-order chi connectivity index (χ1) is 9.29. The van der Waals surface area contributed by atoms with E-state index < -0.39 is 0 Å². The third-order valence-electron chi connectivity index (χ3n) is 3.08. The average molecular weight is 265 g/mol. The molecule has 0 aliphatic heterocycles. The summed E-state index contributed by atoms with van der Waals surface area (Å²) in [7, 11) is 0. The maximum atomic E-state index is 11.7. The summed E-state index contributed by atoms with van der Waals surface area (Å²) in [6, 6.07) is 0. The Morgan fingerprint density at radius 1 is 1.37 bits per heavy atom. The van der Waals surface area contributed by atoms with Gasteiger partial charge < -0.3 is 15.5 Å². The Bertz CT molecular complexity index is 403. The largest absolute Gasteiger partial charge is 0.376 e. The van der Waals surface area contributed by atoms with E-state index in [1.807, 2.05) is 0 Å². The Balaban J connectivity index is 1.68. The molecule has 0 atom stereocenters. The summed E-state index contributed by atoms with van der Waals surface area (Å²) in [5, 5.41) is 2.74. The monoisotopic (exact) mass is 265 g/mol. The predicted molar refractivity (Wildman–Crippen MR) is 70.4 cm³/mol. The molecule has 1 fully saturated rings. The quantitative estimate of drug-likeness (QED) is 0.392. The lowest BCUT2D eigenvalue weighted by atomic mass is 10.3. The van der Waals surface area contributed by atoms with Crippen LogP contribution in [0.15, 0.2) is 12.4 Å². The topological polar surface area (TPSA) is 102 Å². The number of carbonyl (C=O) groups excluding carboxylic acids is 1. The van der Waals surface area contributed by atoms with Gasteiger partial charge in [-0.1, -0.05) is 12.8 Å². The number of ether oxygens (including phenoxy) is 1. The molecule has 19 heavy (non-hydrogen) atoms. The molecule has 2 rings (SSSR count). The van der Waals surface area contributed by atoms with Gasteiger partial charge in [0.2, 0.25) is 0 Å². The lowest BCUT2D eigenvalue weighted by Crippen LogP contribution is -2.29. The van der Waals surface area contributed by atoms with E-state index in [2.05, 4.69) is 20.7 Å². The van der Waals surface area contributed by atoms with Crippen LogP contribution in [-0.2, 0) is 4.74 Å². The third kappa shape index (κ3) is 4.15. The highest BCUT2D eigenvalue weighted by Gasteiger charge is 2.15. The number of hydrazine groups is 1. The summed E-state index contributed by atoms with van der Waals surface area (Å²) in [6.45, 7) is 1.01. The van der Waals surface area contributed by atoms with E-state index in [4.69, 9.17) is 10.6 Å². The fraction of sp³-hybridized carbons (Fsp3) is 0.583. The van der Waals surface area contributed by atoms with Gasteiger partial charge in [0, 0.05) is 6.54 Å². The number of carbonyl (C=O) groups is 1. The molecule has 4 N–H and O–H groups in total. The molecule has 0 aromatic carbocycles. The second kappa shape index (κ2) is 7.01. The molecule has 1 aliphatic carbocycles. The second-order valence-electron chi connectivity index (χ2n) is 4.46. The van der Waals surface area contributed by atoms with Crippen molar-refractivity contribution in [3.8, 4) is 0 Å². The molecule has 0 saturated heterocycles. The number of nitrogen functional groups attached to an aromatic ring is 1. The molecule has 0 bridgehead atoms. The maximum absolute atomic E-state index is 11.7. The van der Waals surface area contributed by atoms with Crippen LogP contribution < -0.4 is 16.6 Å². The van der Waals surface area contributed by atoms with E-state index in [1.165, 1.54) is 25.2 Å². The Morgan fingerprint density at radius 2 is 2.16 bits per heavy atom. The van der Waals surface area contributed by atoms with Crippen LogP contribution in [0.5, 0.6) is 0 Å². The molecule has 0 unspecified atom stereocenters. The van der Waals surface area contributed by atoms with Crippen molar-refractivity contribution in [3.63, 3.8) is 0 Å². The standard InChI is InChI=1S/C12H19N5O2/c13-17-11-8-15-10(7-16-11)12(18)14-5-6-19-9-3-1-2-4-9/h7-9H,1-6,13H2,(H,14,18)(H,16,17). The predicted octanol–water partition coefficient (Wildman–Crippen LogP) is 0.451. The van der Waals surface area contributed by atoms with E-state index in [0.717, 1.165) is 12.8 Å². The Kier molecular flexibility index (Phi) is 5.05. The summed E-state index contributed by atoms with van der Waals surface area (Å²) in [4.78, 5) is 19.6. The highest BCUT2D eigenvalue weighted by atomic mass is 16.5. The van der Waals surface area contributed by atoms with Crippen molar-refractivity contribution in [2.24, 2.45) is 5.84 Å². The fourth-order valence-corrected chi connectivity index (χ4v) is 2.06. The van der Waals surface area contributed by atoms with Crippen LogP contribution in [0.1, 0.15) is 36.2 Å². The normalized spacial score (nSPS) is 15.4. The zero-order valence-electron chi connectivity index (χ0n) is 10.8. The van der Waals surface area contributed by atoms with Crippen molar-refractivity contribution in [1.82, 2.24) is 15.3 Å². The van der Waals surface area contributed by atoms with Gasteiger partial charge in [0.1, 0.15) is 5.69 Å². The molecule has 1 aromatic heterocycles. The molecule has 104 valence electrons.